The maximum Gasteiger partial charge on any atom is 0.189 e. The number of tetrazole rings is 1. The van der Waals surface area contributed by atoms with Crippen molar-refractivity contribution < 1.29 is 4.39 Å². The first-order valence-corrected chi connectivity index (χ1v) is 7.26. The zero-order valence-electron chi connectivity index (χ0n) is 12.7. The normalized spacial score (nSPS) is 11.3. The van der Waals surface area contributed by atoms with Crippen LogP contribution in [-0.4, -0.2) is 25.2 Å². The summed E-state index contributed by atoms with van der Waals surface area (Å²) < 4.78 is 14.7. The van der Waals surface area contributed by atoms with Crippen molar-refractivity contribution in [2.45, 2.75) is 13.8 Å². The molecule has 4 rings (SSSR count). The molecule has 0 aliphatic rings. The van der Waals surface area contributed by atoms with Gasteiger partial charge in [-0.15, -0.1) is 5.10 Å². The van der Waals surface area contributed by atoms with Gasteiger partial charge < -0.3 is 4.98 Å². The summed E-state index contributed by atoms with van der Waals surface area (Å²) in [5, 5.41) is 13.1. The number of hydrogen-bond donors (Lipinski definition) is 1. The number of nitrogens with zero attached hydrogens (tertiary/aromatic N) is 4. The lowest BCUT2D eigenvalue weighted by atomic mass is 10.1. The zero-order valence-corrected chi connectivity index (χ0v) is 12.7. The topological polar surface area (TPSA) is 59.4 Å². The van der Waals surface area contributed by atoms with E-state index in [1.807, 2.05) is 6.20 Å². The van der Waals surface area contributed by atoms with Crippen molar-refractivity contribution in [3.8, 4) is 17.1 Å². The van der Waals surface area contributed by atoms with Crippen LogP contribution in [0.4, 0.5) is 4.39 Å². The molecule has 2 aromatic carbocycles. The second kappa shape index (κ2) is 5.01. The van der Waals surface area contributed by atoms with Gasteiger partial charge in [-0.25, -0.2) is 4.39 Å². The molecule has 0 aliphatic heterocycles. The highest BCUT2D eigenvalue weighted by Gasteiger charge is 2.16. The molecule has 4 aromatic rings. The predicted molar refractivity (Wildman–Crippen MR) is 85.9 cm³/mol. The molecule has 0 bridgehead atoms. The zero-order chi connectivity index (χ0) is 16.0. The minimum Gasteiger partial charge on any atom is -0.360 e. The van der Waals surface area contributed by atoms with Crippen molar-refractivity contribution in [1.82, 2.24) is 25.2 Å². The molecule has 1 N–H and O–H groups in total. The van der Waals surface area contributed by atoms with E-state index < -0.39 is 0 Å². The quantitative estimate of drug-likeness (QED) is 0.616. The Kier molecular flexibility index (Phi) is 2.97. The molecule has 0 amide bonds. The molecule has 0 atom stereocenters. The van der Waals surface area contributed by atoms with E-state index in [1.54, 1.807) is 16.8 Å². The molecule has 0 spiro atoms. The molecular weight excluding hydrogens is 293 g/mol. The standard InChI is InChI=1S/C17H14FN5/c1-10-7-11(2)16-14(8-10)15(9-19-16)17-20-21-22-23(17)13-5-3-12(18)4-6-13/h3-9,19H,1-2H3. The van der Waals surface area contributed by atoms with Gasteiger partial charge in [-0.1, -0.05) is 11.6 Å². The van der Waals surface area contributed by atoms with Crippen LogP contribution in [0.2, 0.25) is 0 Å². The largest absolute Gasteiger partial charge is 0.360 e. The van der Waals surface area contributed by atoms with Gasteiger partial charge in [0.25, 0.3) is 0 Å². The Balaban J connectivity index is 1.93. The third-order valence-electron chi connectivity index (χ3n) is 3.91. The number of benzene rings is 2. The monoisotopic (exact) mass is 307 g/mol. The van der Waals surface area contributed by atoms with E-state index >= 15 is 0 Å². The fourth-order valence-corrected chi connectivity index (χ4v) is 2.89. The summed E-state index contributed by atoms with van der Waals surface area (Å²) in [6, 6.07) is 10.3. The Morgan fingerprint density at radius 1 is 1.09 bits per heavy atom. The number of rotatable bonds is 2. The summed E-state index contributed by atoms with van der Waals surface area (Å²) in [5.41, 5.74) is 5.05. The van der Waals surface area contributed by atoms with Gasteiger partial charge in [-0.05, 0) is 60.2 Å². The van der Waals surface area contributed by atoms with Crippen LogP contribution in [0.25, 0.3) is 28.0 Å². The molecule has 0 radical (unpaired) electrons. The molecule has 0 fully saturated rings. The highest BCUT2D eigenvalue weighted by molar-refractivity contribution is 5.96. The summed E-state index contributed by atoms with van der Waals surface area (Å²) >= 11 is 0. The van der Waals surface area contributed by atoms with Crippen LogP contribution < -0.4 is 0 Å². The molecule has 0 aliphatic carbocycles. The summed E-state index contributed by atoms with van der Waals surface area (Å²) in [5.74, 6) is 0.328. The van der Waals surface area contributed by atoms with Crippen molar-refractivity contribution >= 4 is 10.9 Å². The van der Waals surface area contributed by atoms with Crippen LogP contribution in [0, 0.1) is 19.7 Å². The minimum absolute atomic E-state index is 0.290. The second-order valence-electron chi connectivity index (χ2n) is 5.60. The molecule has 2 heterocycles. The number of halogens is 1. The Hall–Kier alpha value is -3.02. The molecule has 0 saturated carbocycles. The number of fused-ring (bicyclic) bond motifs is 1. The van der Waals surface area contributed by atoms with Crippen molar-refractivity contribution in [2.24, 2.45) is 0 Å². The van der Waals surface area contributed by atoms with E-state index in [2.05, 4.69) is 46.5 Å². The van der Waals surface area contributed by atoms with Crippen molar-refractivity contribution in [3.05, 3.63) is 59.5 Å². The Bertz CT molecular complexity index is 998. The highest BCUT2D eigenvalue weighted by Crippen LogP contribution is 2.30. The Labute approximate surface area is 131 Å². The Morgan fingerprint density at radius 2 is 1.87 bits per heavy atom. The number of hydrogen-bond acceptors (Lipinski definition) is 3. The van der Waals surface area contributed by atoms with Crippen LogP contribution in [0.3, 0.4) is 0 Å². The summed E-state index contributed by atoms with van der Waals surface area (Å²) in [6.45, 7) is 4.13. The van der Waals surface area contributed by atoms with Crippen LogP contribution in [0.1, 0.15) is 11.1 Å². The smallest absolute Gasteiger partial charge is 0.189 e. The number of aromatic amines is 1. The minimum atomic E-state index is -0.290. The predicted octanol–water partition coefficient (Wildman–Crippen LogP) is 3.57. The van der Waals surface area contributed by atoms with Crippen molar-refractivity contribution in [3.63, 3.8) is 0 Å². The van der Waals surface area contributed by atoms with Crippen LogP contribution >= 0.6 is 0 Å². The number of H-pyrrole nitrogens is 1. The molecular formula is C17H14FN5. The fourth-order valence-electron chi connectivity index (χ4n) is 2.89. The van der Waals surface area contributed by atoms with Gasteiger partial charge >= 0.3 is 0 Å². The van der Waals surface area contributed by atoms with Gasteiger partial charge in [-0.3, -0.25) is 0 Å². The van der Waals surface area contributed by atoms with Gasteiger partial charge in [0.15, 0.2) is 5.82 Å². The fraction of sp³-hybridized carbons (Fsp3) is 0.118. The molecule has 5 nitrogen and oxygen atoms in total. The van der Waals surface area contributed by atoms with Gasteiger partial charge in [0.2, 0.25) is 0 Å². The van der Waals surface area contributed by atoms with E-state index in [0.29, 0.717) is 11.5 Å². The summed E-state index contributed by atoms with van der Waals surface area (Å²) in [6.07, 6.45) is 1.91. The maximum atomic E-state index is 13.1. The molecule has 2 aromatic heterocycles. The average molecular weight is 307 g/mol. The van der Waals surface area contributed by atoms with E-state index in [9.17, 15) is 4.39 Å². The SMILES string of the molecule is Cc1cc(C)c2[nH]cc(-c3nnnn3-c3ccc(F)cc3)c2c1. The van der Waals surface area contributed by atoms with E-state index in [4.69, 9.17) is 0 Å². The first kappa shape index (κ1) is 13.6. The van der Waals surface area contributed by atoms with Crippen LogP contribution in [0.15, 0.2) is 42.6 Å². The average Bonchev–Trinajstić information content (AvgIpc) is 3.14. The Morgan fingerprint density at radius 3 is 2.65 bits per heavy atom. The molecule has 6 heteroatoms. The second-order valence-corrected chi connectivity index (χ2v) is 5.60. The lowest BCUT2D eigenvalue weighted by molar-refractivity contribution is 0.627. The van der Waals surface area contributed by atoms with Crippen LogP contribution in [0.5, 0.6) is 0 Å². The third-order valence-corrected chi connectivity index (χ3v) is 3.91. The van der Waals surface area contributed by atoms with E-state index in [1.165, 1.54) is 23.3 Å². The van der Waals surface area contributed by atoms with Crippen LogP contribution in [-0.2, 0) is 0 Å². The van der Waals surface area contributed by atoms with E-state index in [0.717, 1.165) is 16.5 Å². The van der Waals surface area contributed by atoms with Crippen molar-refractivity contribution in [2.75, 3.05) is 0 Å². The van der Waals surface area contributed by atoms with Gasteiger partial charge in [0.05, 0.1) is 5.69 Å². The van der Waals surface area contributed by atoms with Gasteiger partial charge in [-0.2, -0.15) is 4.68 Å². The molecule has 0 saturated heterocycles. The van der Waals surface area contributed by atoms with Crippen molar-refractivity contribution in [1.29, 1.82) is 0 Å². The highest BCUT2D eigenvalue weighted by atomic mass is 19.1. The summed E-state index contributed by atoms with van der Waals surface area (Å²) in [7, 11) is 0. The first-order valence-electron chi connectivity index (χ1n) is 7.26. The van der Waals surface area contributed by atoms with Gasteiger partial charge in [0, 0.05) is 22.7 Å². The number of aryl methyl sites for hydroxylation is 2. The number of aromatic nitrogens is 5. The summed E-state index contributed by atoms with van der Waals surface area (Å²) in [4.78, 5) is 3.29. The van der Waals surface area contributed by atoms with Gasteiger partial charge in [0.1, 0.15) is 5.82 Å². The first-order chi connectivity index (χ1) is 11.1. The molecule has 114 valence electrons. The lowest BCUT2D eigenvalue weighted by Crippen LogP contribution is -1.99. The maximum absolute atomic E-state index is 13.1. The lowest BCUT2D eigenvalue weighted by Gasteiger charge is -2.05. The van der Waals surface area contributed by atoms with E-state index in [-0.39, 0.29) is 5.82 Å². The molecule has 0 unspecified atom stereocenters. The number of nitrogens with one attached hydrogen (secondary N) is 1. The molecule has 23 heavy (non-hydrogen) atoms. The third kappa shape index (κ3) is 2.19.